The van der Waals surface area contributed by atoms with Crippen LogP contribution in [0.4, 0.5) is 0 Å². The Hall–Kier alpha value is -3.52. The lowest BCUT2D eigenvalue weighted by atomic mass is 10.2. The Kier molecular flexibility index (Phi) is 5.85. The molecule has 0 aliphatic rings. The first-order valence-electron chi connectivity index (χ1n) is 8.83. The lowest BCUT2D eigenvalue weighted by Gasteiger charge is -2.00. The number of hydrogen-bond acceptors (Lipinski definition) is 9. The summed E-state index contributed by atoms with van der Waals surface area (Å²) < 4.78 is 21.7. The average Bonchev–Trinajstić information content (AvgIpc) is 2.80. The smallest absolute Gasteiger partial charge is 0.290 e. The van der Waals surface area contributed by atoms with Gasteiger partial charge in [0.15, 0.2) is 13.2 Å². The number of aromatic nitrogens is 4. The standard InChI is InChI=1S/C20H14N4O5P/c25-19(17-9-21-13-5-1-3-7-15(13)23-17)11-28-30(27)29-12-20(26)18-10-22-14-6-2-4-8-16(14)24-18/h1-10H,11-12H2/q+1. The van der Waals surface area contributed by atoms with Gasteiger partial charge in [-0.3, -0.25) is 19.6 Å². The molecule has 2 aromatic heterocycles. The molecular weight excluding hydrogens is 407 g/mol. The van der Waals surface area contributed by atoms with Crippen LogP contribution in [0.2, 0.25) is 0 Å². The highest BCUT2D eigenvalue weighted by molar-refractivity contribution is 7.33. The Morgan fingerprint density at radius 2 is 1.10 bits per heavy atom. The predicted octanol–water partition coefficient (Wildman–Crippen LogP) is 3.33. The van der Waals surface area contributed by atoms with Crippen LogP contribution in [0.5, 0.6) is 0 Å². The zero-order valence-corrected chi connectivity index (χ0v) is 16.4. The van der Waals surface area contributed by atoms with Crippen LogP contribution >= 0.6 is 8.25 Å². The van der Waals surface area contributed by atoms with Gasteiger partial charge in [-0.15, -0.1) is 9.05 Å². The molecule has 2 heterocycles. The Morgan fingerprint density at radius 1 is 0.700 bits per heavy atom. The number of carbonyl (C=O) groups excluding carboxylic acids is 2. The summed E-state index contributed by atoms with van der Waals surface area (Å²) in [7, 11) is -2.68. The first-order chi connectivity index (χ1) is 14.6. The first kappa shape index (κ1) is 19.8. The lowest BCUT2D eigenvalue weighted by molar-refractivity contribution is 0.0872. The van der Waals surface area contributed by atoms with Crippen molar-refractivity contribution >= 4 is 41.9 Å². The van der Waals surface area contributed by atoms with Crippen molar-refractivity contribution in [2.24, 2.45) is 0 Å². The van der Waals surface area contributed by atoms with Crippen molar-refractivity contribution in [1.82, 2.24) is 19.9 Å². The summed E-state index contributed by atoms with van der Waals surface area (Å²) in [5.41, 5.74) is 2.59. The summed E-state index contributed by atoms with van der Waals surface area (Å²) >= 11 is 0. The van der Waals surface area contributed by atoms with Crippen molar-refractivity contribution in [3.05, 3.63) is 72.3 Å². The molecule has 4 aromatic rings. The molecule has 30 heavy (non-hydrogen) atoms. The number of carbonyl (C=O) groups is 2. The highest BCUT2D eigenvalue weighted by atomic mass is 31.1. The maximum Gasteiger partial charge on any atom is 0.698 e. The van der Waals surface area contributed by atoms with Gasteiger partial charge in [-0.1, -0.05) is 24.3 Å². The van der Waals surface area contributed by atoms with Crippen LogP contribution in [-0.4, -0.2) is 44.7 Å². The van der Waals surface area contributed by atoms with Gasteiger partial charge >= 0.3 is 8.25 Å². The molecule has 0 radical (unpaired) electrons. The van der Waals surface area contributed by atoms with Crippen LogP contribution in [0.3, 0.4) is 0 Å². The summed E-state index contributed by atoms with van der Waals surface area (Å²) in [4.78, 5) is 41.0. The Balaban J connectivity index is 1.30. The van der Waals surface area contributed by atoms with E-state index in [0.717, 1.165) is 0 Å². The van der Waals surface area contributed by atoms with E-state index in [0.29, 0.717) is 22.1 Å². The summed E-state index contributed by atoms with van der Waals surface area (Å²) in [5, 5.41) is 0. The molecule has 0 amide bonds. The number of nitrogens with zero attached hydrogens (tertiary/aromatic N) is 4. The maximum absolute atomic E-state index is 12.2. The molecule has 0 saturated heterocycles. The molecule has 0 aliphatic carbocycles. The lowest BCUT2D eigenvalue weighted by Crippen LogP contribution is -2.11. The van der Waals surface area contributed by atoms with E-state index >= 15 is 0 Å². The summed E-state index contributed by atoms with van der Waals surface area (Å²) in [6.45, 7) is -1.04. The molecular formula is C20H14N4O5P+. The Morgan fingerprint density at radius 3 is 1.53 bits per heavy atom. The fourth-order valence-electron chi connectivity index (χ4n) is 2.59. The van der Waals surface area contributed by atoms with Crippen LogP contribution < -0.4 is 0 Å². The molecule has 9 nitrogen and oxygen atoms in total. The summed E-state index contributed by atoms with van der Waals surface area (Å²) in [6.07, 6.45) is 2.65. The van der Waals surface area contributed by atoms with Gasteiger partial charge in [0.1, 0.15) is 11.4 Å². The zero-order chi connectivity index (χ0) is 20.9. The van der Waals surface area contributed by atoms with E-state index in [2.05, 4.69) is 19.9 Å². The van der Waals surface area contributed by atoms with E-state index in [-0.39, 0.29) is 11.4 Å². The molecule has 10 heteroatoms. The van der Waals surface area contributed by atoms with Crippen molar-refractivity contribution < 1.29 is 23.2 Å². The second-order valence-electron chi connectivity index (χ2n) is 6.10. The maximum atomic E-state index is 12.2. The second kappa shape index (κ2) is 8.87. The minimum Gasteiger partial charge on any atom is -0.290 e. The van der Waals surface area contributed by atoms with Crippen LogP contribution in [0, 0.1) is 0 Å². The summed E-state index contributed by atoms with van der Waals surface area (Å²) in [6, 6.07) is 14.2. The molecule has 2 aromatic carbocycles. The van der Waals surface area contributed by atoms with Crippen molar-refractivity contribution in [3.8, 4) is 0 Å². The van der Waals surface area contributed by atoms with E-state index in [9.17, 15) is 14.2 Å². The molecule has 4 rings (SSSR count). The Labute approximate surface area is 171 Å². The van der Waals surface area contributed by atoms with Gasteiger partial charge in [-0.05, 0) is 24.3 Å². The first-order valence-corrected chi connectivity index (χ1v) is 9.93. The molecule has 0 unspecified atom stereocenters. The largest absolute Gasteiger partial charge is 0.698 e. The van der Waals surface area contributed by atoms with Gasteiger partial charge in [0, 0.05) is 4.57 Å². The van der Waals surface area contributed by atoms with Crippen molar-refractivity contribution in [3.63, 3.8) is 0 Å². The molecule has 148 valence electrons. The van der Waals surface area contributed by atoms with E-state index < -0.39 is 33.0 Å². The molecule has 0 fully saturated rings. The second-order valence-corrected chi connectivity index (χ2v) is 7.07. The van der Waals surface area contributed by atoms with Crippen LogP contribution in [0.15, 0.2) is 60.9 Å². The monoisotopic (exact) mass is 421 g/mol. The van der Waals surface area contributed by atoms with Gasteiger partial charge in [0.05, 0.1) is 34.5 Å². The summed E-state index contributed by atoms with van der Waals surface area (Å²) in [5.74, 6) is -1.01. The highest BCUT2D eigenvalue weighted by Gasteiger charge is 2.26. The number of hydrogen-bond donors (Lipinski definition) is 0. The van der Waals surface area contributed by atoms with Crippen LogP contribution in [0.1, 0.15) is 21.0 Å². The SMILES string of the molecule is O=C(CO[P+](=O)OCC(=O)c1cnc2ccccc2n1)c1cnc2ccccc2n1. The van der Waals surface area contributed by atoms with Crippen LogP contribution in [0.25, 0.3) is 22.1 Å². The number of benzene rings is 2. The quantitative estimate of drug-likeness (QED) is 0.311. The highest BCUT2D eigenvalue weighted by Crippen LogP contribution is 2.24. The number of fused-ring (bicyclic) bond motifs is 2. The van der Waals surface area contributed by atoms with E-state index in [4.69, 9.17) is 9.05 Å². The zero-order valence-electron chi connectivity index (χ0n) is 15.5. The normalized spacial score (nSPS) is 10.9. The van der Waals surface area contributed by atoms with E-state index in [1.807, 2.05) is 12.1 Å². The molecule has 0 aliphatic heterocycles. The third-order valence-corrected chi connectivity index (χ3v) is 4.75. The fraction of sp³-hybridized carbons (Fsp3) is 0.100. The third kappa shape index (κ3) is 4.55. The fourth-order valence-corrected chi connectivity index (χ4v) is 3.11. The molecule has 0 spiro atoms. The third-order valence-electron chi connectivity index (χ3n) is 4.07. The van der Waals surface area contributed by atoms with Crippen molar-refractivity contribution in [1.29, 1.82) is 0 Å². The topological polar surface area (TPSA) is 121 Å². The minimum atomic E-state index is -2.68. The van der Waals surface area contributed by atoms with Crippen molar-refractivity contribution in [2.75, 3.05) is 13.2 Å². The molecule has 0 bridgehead atoms. The minimum absolute atomic E-state index is 0.0830. The number of para-hydroxylation sites is 4. The van der Waals surface area contributed by atoms with Gasteiger partial charge in [-0.2, -0.15) is 0 Å². The van der Waals surface area contributed by atoms with Crippen LogP contribution in [-0.2, 0) is 13.6 Å². The predicted molar refractivity (Wildman–Crippen MR) is 107 cm³/mol. The van der Waals surface area contributed by atoms with Gasteiger partial charge in [-0.25, -0.2) is 9.97 Å². The Bertz CT molecular complexity index is 1180. The number of rotatable bonds is 8. The number of ketones is 2. The van der Waals surface area contributed by atoms with E-state index in [1.54, 1.807) is 36.4 Å². The number of Topliss-reactive ketones (excluding diaryl/α,β-unsaturated/α-hetero) is 2. The van der Waals surface area contributed by atoms with Gasteiger partial charge < -0.3 is 0 Å². The molecule has 0 saturated carbocycles. The molecule has 0 N–H and O–H groups in total. The van der Waals surface area contributed by atoms with Gasteiger partial charge in [0.25, 0.3) is 0 Å². The van der Waals surface area contributed by atoms with Gasteiger partial charge in [0.2, 0.25) is 11.6 Å². The average molecular weight is 421 g/mol. The van der Waals surface area contributed by atoms with Crippen molar-refractivity contribution in [2.45, 2.75) is 0 Å². The van der Waals surface area contributed by atoms with E-state index in [1.165, 1.54) is 12.4 Å². The molecule has 0 atom stereocenters.